The number of nitrogens with one attached hydrogen (secondary N) is 1. The second kappa shape index (κ2) is 8.50. The van der Waals surface area contributed by atoms with Crippen molar-refractivity contribution in [3.8, 4) is 16.9 Å². The Kier molecular flexibility index (Phi) is 6.02. The lowest BCUT2D eigenvalue weighted by molar-refractivity contribution is 0.0597. The molecule has 0 aliphatic heterocycles. The normalized spacial score (nSPS) is 11.2. The van der Waals surface area contributed by atoms with Crippen molar-refractivity contribution in [3.05, 3.63) is 83.4 Å². The van der Waals surface area contributed by atoms with Crippen LogP contribution in [0.15, 0.2) is 60.7 Å². The first-order chi connectivity index (χ1) is 14.2. The van der Waals surface area contributed by atoms with Crippen LogP contribution in [0.5, 0.6) is 5.75 Å². The molecule has 3 aromatic rings. The van der Waals surface area contributed by atoms with Crippen molar-refractivity contribution in [1.82, 2.24) is 0 Å². The Labute approximate surface area is 171 Å². The molecule has 30 heavy (non-hydrogen) atoms. The third kappa shape index (κ3) is 4.93. The minimum atomic E-state index is -3.85. The van der Waals surface area contributed by atoms with Crippen molar-refractivity contribution >= 4 is 21.7 Å². The number of aromatic hydroxyl groups is 1. The highest BCUT2D eigenvalue weighted by Crippen LogP contribution is 2.26. The summed E-state index contributed by atoms with van der Waals surface area (Å²) in [5.74, 6) is -2.74. The third-order valence-corrected chi connectivity index (χ3v) is 5.49. The fraction of sp³-hybridized carbons (Fsp3) is 0.0952. The van der Waals surface area contributed by atoms with E-state index in [4.69, 9.17) is 0 Å². The number of hydrogen-bond acceptors (Lipinski definition) is 5. The number of carbonyl (C=O) groups excluding carboxylic acids is 1. The molecule has 156 valence electrons. The summed E-state index contributed by atoms with van der Waals surface area (Å²) in [6, 6.07) is 12.7. The summed E-state index contributed by atoms with van der Waals surface area (Å²) in [5.41, 5.74) is 0.866. The molecular formula is C21H17F2NO5S. The van der Waals surface area contributed by atoms with Gasteiger partial charge in [0.15, 0.2) is 0 Å². The van der Waals surface area contributed by atoms with Gasteiger partial charge in [0.25, 0.3) is 0 Å². The zero-order valence-electron chi connectivity index (χ0n) is 15.7. The maximum atomic E-state index is 13.9. The van der Waals surface area contributed by atoms with Gasteiger partial charge in [0.2, 0.25) is 10.0 Å². The number of methoxy groups -OCH3 is 1. The van der Waals surface area contributed by atoms with Crippen LogP contribution in [-0.2, 0) is 20.5 Å². The Morgan fingerprint density at radius 2 is 1.73 bits per heavy atom. The van der Waals surface area contributed by atoms with Crippen LogP contribution in [0.25, 0.3) is 11.1 Å². The summed E-state index contributed by atoms with van der Waals surface area (Å²) < 4.78 is 58.9. The summed E-state index contributed by atoms with van der Waals surface area (Å²) in [6.07, 6.45) is 0. The molecule has 0 fully saturated rings. The van der Waals surface area contributed by atoms with E-state index in [2.05, 4.69) is 9.46 Å². The fourth-order valence-electron chi connectivity index (χ4n) is 2.81. The molecule has 0 aliphatic carbocycles. The Balaban J connectivity index is 1.75. The van der Waals surface area contributed by atoms with E-state index in [1.165, 1.54) is 36.4 Å². The molecule has 0 bridgehead atoms. The van der Waals surface area contributed by atoms with Gasteiger partial charge in [-0.25, -0.2) is 22.0 Å². The molecule has 0 unspecified atom stereocenters. The van der Waals surface area contributed by atoms with Crippen LogP contribution in [0.2, 0.25) is 0 Å². The Hall–Kier alpha value is -3.46. The highest BCUT2D eigenvalue weighted by molar-refractivity contribution is 7.91. The molecule has 6 nitrogen and oxygen atoms in total. The van der Waals surface area contributed by atoms with Crippen molar-refractivity contribution in [2.75, 3.05) is 11.8 Å². The standard InChI is InChI=1S/C21H17F2NO5S/c1-29-21(26)17-8-7-16(11-20(17)25)24-30(27,28)12-13-2-4-14(5-3-13)18-10-15(22)6-9-19(18)23/h2-11,24-25H,12H2,1H3. The minimum Gasteiger partial charge on any atom is -0.507 e. The molecule has 0 amide bonds. The molecule has 0 spiro atoms. The van der Waals surface area contributed by atoms with E-state index in [-0.39, 0.29) is 16.8 Å². The lowest BCUT2D eigenvalue weighted by Gasteiger charge is -2.10. The van der Waals surface area contributed by atoms with E-state index in [0.717, 1.165) is 31.4 Å². The number of benzene rings is 3. The summed E-state index contributed by atoms with van der Waals surface area (Å²) in [7, 11) is -2.69. The number of ether oxygens (including phenoxy) is 1. The number of phenolic OH excluding ortho intramolecular Hbond substituents is 1. The molecular weight excluding hydrogens is 416 g/mol. The second-order valence-corrected chi connectivity index (χ2v) is 8.13. The Morgan fingerprint density at radius 3 is 2.37 bits per heavy atom. The number of anilines is 1. The molecule has 0 radical (unpaired) electrons. The van der Waals surface area contributed by atoms with Crippen LogP contribution in [0.1, 0.15) is 15.9 Å². The quantitative estimate of drug-likeness (QED) is 0.572. The Bertz CT molecular complexity index is 1190. The largest absolute Gasteiger partial charge is 0.507 e. The Morgan fingerprint density at radius 1 is 1.03 bits per heavy atom. The highest BCUT2D eigenvalue weighted by atomic mass is 32.2. The molecule has 9 heteroatoms. The van der Waals surface area contributed by atoms with E-state index in [1.54, 1.807) is 0 Å². The van der Waals surface area contributed by atoms with E-state index in [1.807, 2.05) is 0 Å². The van der Waals surface area contributed by atoms with Crippen molar-refractivity contribution < 1.29 is 31.8 Å². The number of carbonyl (C=O) groups is 1. The molecule has 0 saturated carbocycles. The van der Waals surface area contributed by atoms with Crippen LogP contribution >= 0.6 is 0 Å². The zero-order chi connectivity index (χ0) is 21.9. The number of hydrogen-bond donors (Lipinski definition) is 2. The average Bonchev–Trinajstić information content (AvgIpc) is 2.69. The summed E-state index contributed by atoms with van der Waals surface area (Å²) >= 11 is 0. The monoisotopic (exact) mass is 433 g/mol. The fourth-order valence-corrected chi connectivity index (χ4v) is 4.00. The molecule has 0 aliphatic rings. The van der Waals surface area contributed by atoms with Crippen LogP contribution in [0.4, 0.5) is 14.5 Å². The number of rotatable bonds is 6. The van der Waals surface area contributed by atoms with Gasteiger partial charge in [-0.2, -0.15) is 0 Å². The number of esters is 1. The van der Waals surface area contributed by atoms with E-state index in [9.17, 15) is 27.1 Å². The SMILES string of the molecule is COC(=O)c1ccc(NS(=O)(=O)Cc2ccc(-c3cc(F)ccc3F)cc2)cc1O. The molecule has 2 N–H and O–H groups in total. The van der Waals surface area contributed by atoms with Gasteiger partial charge in [-0.1, -0.05) is 24.3 Å². The van der Waals surface area contributed by atoms with Crippen LogP contribution < -0.4 is 4.72 Å². The zero-order valence-corrected chi connectivity index (χ0v) is 16.5. The topological polar surface area (TPSA) is 92.7 Å². The first-order valence-electron chi connectivity index (χ1n) is 8.65. The third-order valence-electron chi connectivity index (χ3n) is 4.23. The summed E-state index contributed by atoms with van der Waals surface area (Å²) in [6.45, 7) is 0. The van der Waals surface area contributed by atoms with Gasteiger partial charge in [0.05, 0.1) is 18.6 Å². The number of phenols is 1. The van der Waals surface area contributed by atoms with Gasteiger partial charge in [-0.15, -0.1) is 0 Å². The summed E-state index contributed by atoms with van der Waals surface area (Å²) in [4.78, 5) is 11.5. The van der Waals surface area contributed by atoms with Gasteiger partial charge in [-0.05, 0) is 41.5 Å². The van der Waals surface area contributed by atoms with Gasteiger partial charge in [0, 0.05) is 11.6 Å². The van der Waals surface area contributed by atoms with Gasteiger partial charge in [0.1, 0.15) is 22.9 Å². The predicted octanol–water partition coefficient (Wildman–Crippen LogP) is 4.07. The lowest BCUT2D eigenvalue weighted by atomic mass is 10.0. The first-order valence-corrected chi connectivity index (χ1v) is 10.3. The lowest BCUT2D eigenvalue weighted by Crippen LogP contribution is -2.15. The maximum absolute atomic E-state index is 13.9. The predicted molar refractivity (Wildman–Crippen MR) is 107 cm³/mol. The van der Waals surface area contributed by atoms with Crippen molar-refractivity contribution in [3.63, 3.8) is 0 Å². The molecule has 3 aromatic carbocycles. The van der Waals surface area contributed by atoms with Crippen LogP contribution in [0, 0.1) is 11.6 Å². The number of sulfonamides is 1. The first kappa shape index (κ1) is 21.3. The van der Waals surface area contributed by atoms with Gasteiger partial charge < -0.3 is 9.84 Å². The average molecular weight is 433 g/mol. The molecule has 3 rings (SSSR count). The van der Waals surface area contributed by atoms with Crippen LogP contribution in [0.3, 0.4) is 0 Å². The van der Waals surface area contributed by atoms with E-state index >= 15 is 0 Å². The summed E-state index contributed by atoms with van der Waals surface area (Å²) in [5, 5.41) is 9.87. The molecule has 0 atom stereocenters. The van der Waals surface area contributed by atoms with E-state index in [0.29, 0.717) is 11.1 Å². The van der Waals surface area contributed by atoms with Crippen molar-refractivity contribution in [2.45, 2.75) is 5.75 Å². The smallest absolute Gasteiger partial charge is 0.341 e. The maximum Gasteiger partial charge on any atom is 0.341 e. The molecule has 0 aromatic heterocycles. The van der Waals surface area contributed by atoms with Crippen molar-refractivity contribution in [2.24, 2.45) is 0 Å². The molecule has 0 heterocycles. The van der Waals surface area contributed by atoms with E-state index < -0.39 is 39.1 Å². The highest BCUT2D eigenvalue weighted by Gasteiger charge is 2.16. The van der Waals surface area contributed by atoms with Gasteiger partial charge in [-0.3, -0.25) is 4.72 Å². The van der Waals surface area contributed by atoms with Crippen LogP contribution in [-0.4, -0.2) is 26.6 Å². The number of halogens is 2. The second-order valence-electron chi connectivity index (χ2n) is 6.41. The molecule has 0 saturated heterocycles. The minimum absolute atomic E-state index is 0.0682. The van der Waals surface area contributed by atoms with Crippen molar-refractivity contribution in [1.29, 1.82) is 0 Å². The van der Waals surface area contributed by atoms with Gasteiger partial charge >= 0.3 is 5.97 Å².